The van der Waals surface area contributed by atoms with Crippen LogP contribution >= 0.6 is 0 Å². The van der Waals surface area contributed by atoms with Crippen molar-refractivity contribution in [3.63, 3.8) is 0 Å². The van der Waals surface area contributed by atoms with Crippen LogP contribution in [0.15, 0.2) is 12.8 Å². The van der Waals surface area contributed by atoms with Gasteiger partial charge in [0.1, 0.15) is 8.24 Å². The SMILES string of the molecule is C=CN1CCN([Si](CC)(CC)CC)CC1. The van der Waals surface area contributed by atoms with Gasteiger partial charge < -0.3 is 9.47 Å². The summed E-state index contributed by atoms with van der Waals surface area (Å²) >= 11 is 0. The van der Waals surface area contributed by atoms with E-state index in [0.717, 1.165) is 0 Å². The Morgan fingerprint density at radius 3 is 1.80 bits per heavy atom. The monoisotopic (exact) mass is 226 g/mol. The summed E-state index contributed by atoms with van der Waals surface area (Å²) in [6.45, 7) is 15.9. The van der Waals surface area contributed by atoms with E-state index in [1.54, 1.807) is 0 Å². The molecule has 0 unspecified atom stereocenters. The first kappa shape index (κ1) is 12.8. The van der Waals surface area contributed by atoms with Crippen LogP contribution in [0.4, 0.5) is 0 Å². The molecule has 0 saturated carbocycles. The molecule has 0 radical (unpaired) electrons. The van der Waals surface area contributed by atoms with Gasteiger partial charge in [-0.2, -0.15) is 0 Å². The first-order valence-corrected chi connectivity index (χ1v) is 8.91. The van der Waals surface area contributed by atoms with Crippen LogP contribution in [0.2, 0.25) is 18.1 Å². The smallest absolute Gasteiger partial charge is 0.127 e. The molecule has 0 spiro atoms. The van der Waals surface area contributed by atoms with Crippen molar-refractivity contribution in [2.24, 2.45) is 0 Å². The maximum atomic E-state index is 3.85. The van der Waals surface area contributed by atoms with Gasteiger partial charge in [-0.05, 0) is 24.3 Å². The third-order valence-electron chi connectivity index (χ3n) is 4.22. The van der Waals surface area contributed by atoms with Gasteiger partial charge >= 0.3 is 0 Å². The Kier molecular flexibility index (Phi) is 4.86. The fraction of sp³-hybridized carbons (Fsp3) is 0.833. The second kappa shape index (κ2) is 5.71. The fourth-order valence-corrected chi connectivity index (χ4v) is 6.79. The highest BCUT2D eigenvalue weighted by atomic mass is 28.3. The Morgan fingerprint density at radius 2 is 1.47 bits per heavy atom. The summed E-state index contributed by atoms with van der Waals surface area (Å²) < 4.78 is 2.83. The zero-order valence-corrected chi connectivity index (χ0v) is 11.6. The maximum Gasteiger partial charge on any atom is 0.127 e. The van der Waals surface area contributed by atoms with E-state index in [0.29, 0.717) is 0 Å². The first-order chi connectivity index (χ1) is 7.22. The second-order valence-electron chi connectivity index (χ2n) is 4.49. The van der Waals surface area contributed by atoms with Gasteiger partial charge in [0.2, 0.25) is 0 Å². The van der Waals surface area contributed by atoms with Crippen molar-refractivity contribution < 1.29 is 0 Å². The van der Waals surface area contributed by atoms with E-state index >= 15 is 0 Å². The van der Waals surface area contributed by atoms with Crippen LogP contribution in [-0.4, -0.2) is 43.9 Å². The summed E-state index contributed by atoms with van der Waals surface area (Å²) in [5.41, 5.74) is 0. The summed E-state index contributed by atoms with van der Waals surface area (Å²) in [6, 6.07) is 4.23. The molecule has 0 N–H and O–H groups in total. The molecular formula is C12H26N2Si. The number of hydrogen-bond acceptors (Lipinski definition) is 2. The molecular weight excluding hydrogens is 200 g/mol. The van der Waals surface area contributed by atoms with Gasteiger partial charge in [0.15, 0.2) is 0 Å². The van der Waals surface area contributed by atoms with E-state index in [2.05, 4.69) is 36.8 Å². The van der Waals surface area contributed by atoms with E-state index in [1.165, 1.54) is 44.3 Å². The number of rotatable bonds is 5. The molecule has 0 amide bonds. The highest BCUT2D eigenvalue weighted by Crippen LogP contribution is 2.25. The van der Waals surface area contributed by atoms with E-state index in [1.807, 2.05) is 6.20 Å². The zero-order valence-electron chi connectivity index (χ0n) is 10.6. The van der Waals surface area contributed by atoms with Crippen molar-refractivity contribution in [1.29, 1.82) is 0 Å². The molecule has 15 heavy (non-hydrogen) atoms. The molecule has 0 aromatic rings. The normalized spacial score (nSPS) is 19.3. The van der Waals surface area contributed by atoms with Crippen LogP contribution in [-0.2, 0) is 0 Å². The Labute approximate surface area is 96.0 Å². The Bertz CT molecular complexity index is 186. The zero-order chi connectivity index (χ0) is 11.3. The van der Waals surface area contributed by atoms with E-state index in [-0.39, 0.29) is 0 Å². The average molecular weight is 226 g/mol. The van der Waals surface area contributed by atoms with Crippen molar-refractivity contribution in [3.8, 4) is 0 Å². The summed E-state index contributed by atoms with van der Waals surface area (Å²) in [4.78, 5) is 2.34. The van der Waals surface area contributed by atoms with E-state index < -0.39 is 8.24 Å². The van der Waals surface area contributed by atoms with E-state index in [4.69, 9.17) is 0 Å². The number of piperazine rings is 1. The maximum absolute atomic E-state index is 3.85. The van der Waals surface area contributed by atoms with Gasteiger partial charge in [-0.15, -0.1) is 0 Å². The van der Waals surface area contributed by atoms with Crippen molar-refractivity contribution in [2.75, 3.05) is 26.2 Å². The molecule has 0 aromatic carbocycles. The lowest BCUT2D eigenvalue weighted by Gasteiger charge is -2.45. The standard InChI is InChI=1S/C12H26N2Si/c1-5-13-9-11-14(12-10-13)15(6-2,7-3)8-4/h5H,1,6-12H2,2-4H3. The summed E-state index contributed by atoms with van der Waals surface area (Å²) in [6.07, 6.45) is 1.99. The second-order valence-corrected chi connectivity index (χ2v) is 9.69. The highest BCUT2D eigenvalue weighted by Gasteiger charge is 2.35. The molecule has 1 aliphatic rings. The third-order valence-corrected chi connectivity index (χ3v) is 9.96. The molecule has 0 aliphatic carbocycles. The topological polar surface area (TPSA) is 6.48 Å². The lowest BCUT2D eigenvalue weighted by atomic mass is 10.4. The van der Waals surface area contributed by atoms with Crippen LogP contribution in [0.3, 0.4) is 0 Å². The van der Waals surface area contributed by atoms with Gasteiger partial charge in [0.05, 0.1) is 0 Å². The lowest BCUT2D eigenvalue weighted by Crippen LogP contribution is -2.58. The van der Waals surface area contributed by atoms with Crippen molar-refractivity contribution >= 4 is 8.24 Å². The lowest BCUT2D eigenvalue weighted by molar-refractivity contribution is 0.237. The van der Waals surface area contributed by atoms with Crippen molar-refractivity contribution in [2.45, 2.75) is 38.9 Å². The molecule has 0 aromatic heterocycles. The number of nitrogens with zero attached hydrogens (tertiary/aromatic N) is 2. The molecule has 0 bridgehead atoms. The van der Waals surface area contributed by atoms with E-state index in [9.17, 15) is 0 Å². The minimum atomic E-state index is -1.09. The minimum Gasteiger partial charge on any atom is -0.375 e. The van der Waals surface area contributed by atoms with Gasteiger partial charge in [-0.1, -0.05) is 27.4 Å². The summed E-state index contributed by atoms with van der Waals surface area (Å²) in [5, 5.41) is 0. The molecule has 3 heteroatoms. The quantitative estimate of drug-likeness (QED) is 0.665. The predicted molar refractivity (Wildman–Crippen MR) is 70.5 cm³/mol. The molecule has 2 nitrogen and oxygen atoms in total. The van der Waals surface area contributed by atoms with Gasteiger partial charge in [0.25, 0.3) is 0 Å². The van der Waals surface area contributed by atoms with Crippen LogP contribution < -0.4 is 0 Å². The molecule has 1 heterocycles. The van der Waals surface area contributed by atoms with Crippen molar-refractivity contribution in [3.05, 3.63) is 12.8 Å². The van der Waals surface area contributed by atoms with Crippen LogP contribution in [0, 0.1) is 0 Å². The molecule has 1 aliphatic heterocycles. The highest BCUT2D eigenvalue weighted by molar-refractivity contribution is 6.77. The largest absolute Gasteiger partial charge is 0.375 e. The number of hydrogen-bond donors (Lipinski definition) is 0. The average Bonchev–Trinajstić information content (AvgIpc) is 2.33. The Balaban J connectivity index is 2.59. The molecule has 1 saturated heterocycles. The van der Waals surface area contributed by atoms with Crippen molar-refractivity contribution in [1.82, 2.24) is 9.47 Å². The van der Waals surface area contributed by atoms with Gasteiger partial charge in [-0.3, -0.25) is 0 Å². The fourth-order valence-electron chi connectivity index (χ4n) is 2.80. The first-order valence-electron chi connectivity index (χ1n) is 6.34. The minimum absolute atomic E-state index is 1.09. The third kappa shape index (κ3) is 2.64. The van der Waals surface area contributed by atoms with Gasteiger partial charge in [0, 0.05) is 26.2 Å². The van der Waals surface area contributed by atoms with Gasteiger partial charge in [-0.25, -0.2) is 0 Å². The molecule has 88 valence electrons. The molecule has 1 rings (SSSR count). The Morgan fingerprint density at radius 1 is 1.00 bits per heavy atom. The van der Waals surface area contributed by atoms with Crippen LogP contribution in [0.5, 0.6) is 0 Å². The predicted octanol–water partition coefficient (Wildman–Crippen LogP) is 2.75. The summed E-state index contributed by atoms with van der Waals surface area (Å²) in [5.74, 6) is 0. The Hall–Kier alpha value is -0.283. The molecule has 0 atom stereocenters. The van der Waals surface area contributed by atoms with Crippen LogP contribution in [0.1, 0.15) is 20.8 Å². The van der Waals surface area contributed by atoms with Crippen LogP contribution in [0.25, 0.3) is 0 Å². The summed E-state index contributed by atoms with van der Waals surface area (Å²) in [7, 11) is -1.09. The molecule has 1 fully saturated rings.